The van der Waals surface area contributed by atoms with Gasteiger partial charge < -0.3 is 15.4 Å². The molecule has 1 aliphatic rings. The maximum atomic E-state index is 12.5. The van der Waals surface area contributed by atoms with Crippen LogP contribution < -0.4 is 15.4 Å². The molecule has 0 heterocycles. The van der Waals surface area contributed by atoms with Gasteiger partial charge in [0.25, 0.3) is 0 Å². The lowest BCUT2D eigenvalue weighted by Crippen LogP contribution is -2.41. The average Bonchev–Trinajstić information content (AvgIpc) is 3.46. The zero-order valence-corrected chi connectivity index (χ0v) is 15.8. The lowest BCUT2D eigenvalue weighted by molar-refractivity contribution is 0.235. The summed E-state index contributed by atoms with van der Waals surface area (Å²) in [6, 6.07) is 16.2. The van der Waals surface area contributed by atoms with Crippen molar-refractivity contribution in [2.75, 3.05) is 13.7 Å². The van der Waals surface area contributed by atoms with Crippen LogP contribution in [0.5, 0.6) is 5.75 Å². The molecular weight excluding hydrogens is 324 g/mol. The van der Waals surface area contributed by atoms with E-state index in [9.17, 15) is 4.79 Å². The molecule has 2 N–H and O–H groups in total. The number of benzene rings is 2. The third-order valence-electron chi connectivity index (χ3n) is 5.39. The highest BCUT2D eigenvalue weighted by molar-refractivity contribution is 5.74. The SMILES string of the molecule is CCC(NC(=O)NCC1(c2ccccc2C)CC1)c1ccc(OC)cc1. The van der Waals surface area contributed by atoms with Crippen molar-refractivity contribution in [3.63, 3.8) is 0 Å². The summed E-state index contributed by atoms with van der Waals surface area (Å²) in [4.78, 5) is 12.5. The van der Waals surface area contributed by atoms with Gasteiger partial charge in [0.05, 0.1) is 13.2 Å². The van der Waals surface area contributed by atoms with E-state index in [0.29, 0.717) is 6.54 Å². The lowest BCUT2D eigenvalue weighted by Gasteiger charge is -2.22. The minimum absolute atomic E-state index is 0.00507. The summed E-state index contributed by atoms with van der Waals surface area (Å²) >= 11 is 0. The van der Waals surface area contributed by atoms with Crippen LogP contribution in [0.3, 0.4) is 0 Å². The molecule has 1 saturated carbocycles. The molecule has 2 aromatic carbocycles. The summed E-state index contributed by atoms with van der Waals surface area (Å²) < 4.78 is 5.20. The van der Waals surface area contributed by atoms with Crippen molar-refractivity contribution in [3.05, 3.63) is 65.2 Å². The fourth-order valence-corrected chi connectivity index (χ4v) is 3.58. The normalized spacial score (nSPS) is 15.8. The van der Waals surface area contributed by atoms with Crippen LogP contribution in [0, 0.1) is 6.92 Å². The Bertz CT molecular complexity index is 751. The van der Waals surface area contributed by atoms with E-state index in [1.165, 1.54) is 11.1 Å². The first kappa shape index (κ1) is 18.3. The fraction of sp³-hybridized carbons (Fsp3) is 0.409. The number of urea groups is 1. The molecule has 0 saturated heterocycles. The Morgan fingerprint density at radius 1 is 1.15 bits per heavy atom. The molecule has 0 spiro atoms. The fourth-order valence-electron chi connectivity index (χ4n) is 3.58. The van der Waals surface area contributed by atoms with Crippen LogP contribution in [0.25, 0.3) is 0 Å². The molecule has 138 valence electrons. The second-order valence-corrected chi connectivity index (χ2v) is 7.16. The summed E-state index contributed by atoms with van der Waals surface area (Å²) in [5.74, 6) is 0.821. The van der Waals surface area contributed by atoms with E-state index in [1.54, 1.807) is 7.11 Å². The number of hydrogen-bond donors (Lipinski definition) is 2. The van der Waals surface area contributed by atoms with Gasteiger partial charge in [-0.15, -0.1) is 0 Å². The van der Waals surface area contributed by atoms with Crippen molar-refractivity contribution in [1.29, 1.82) is 0 Å². The van der Waals surface area contributed by atoms with Crippen molar-refractivity contribution in [1.82, 2.24) is 10.6 Å². The number of ether oxygens (including phenoxy) is 1. The van der Waals surface area contributed by atoms with Gasteiger partial charge in [0.15, 0.2) is 0 Å². The molecule has 0 radical (unpaired) electrons. The highest BCUT2D eigenvalue weighted by Gasteiger charge is 2.45. The first-order chi connectivity index (χ1) is 12.6. The van der Waals surface area contributed by atoms with E-state index in [2.05, 4.69) is 48.7 Å². The van der Waals surface area contributed by atoms with E-state index < -0.39 is 0 Å². The third-order valence-corrected chi connectivity index (χ3v) is 5.39. The van der Waals surface area contributed by atoms with Gasteiger partial charge in [0.2, 0.25) is 0 Å². The van der Waals surface area contributed by atoms with Crippen LogP contribution in [0.2, 0.25) is 0 Å². The Morgan fingerprint density at radius 2 is 1.85 bits per heavy atom. The molecule has 3 rings (SSSR count). The second-order valence-electron chi connectivity index (χ2n) is 7.16. The molecule has 1 unspecified atom stereocenters. The van der Waals surface area contributed by atoms with Crippen molar-refractivity contribution in [3.8, 4) is 5.75 Å². The molecule has 4 nitrogen and oxygen atoms in total. The molecule has 1 fully saturated rings. The van der Waals surface area contributed by atoms with Crippen molar-refractivity contribution < 1.29 is 9.53 Å². The molecular formula is C22H28N2O2. The Hall–Kier alpha value is -2.49. The van der Waals surface area contributed by atoms with Crippen LogP contribution in [0.4, 0.5) is 4.79 Å². The highest BCUT2D eigenvalue weighted by atomic mass is 16.5. The van der Waals surface area contributed by atoms with E-state index in [1.807, 2.05) is 24.3 Å². The average molecular weight is 352 g/mol. The first-order valence-electron chi connectivity index (χ1n) is 9.32. The molecule has 1 atom stereocenters. The van der Waals surface area contributed by atoms with Gasteiger partial charge in [-0.1, -0.05) is 43.3 Å². The van der Waals surface area contributed by atoms with Crippen molar-refractivity contribution in [2.24, 2.45) is 0 Å². The van der Waals surface area contributed by atoms with Gasteiger partial charge in [0.1, 0.15) is 5.75 Å². The van der Waals surface area contributed by atoms with Gasteiger partial charge in [0, 0.05) is 12.0 Å². The molecule has 0 bridgehead atoms. The van der Waals surface area contributed by atoms with E-state index in [4.69, 9.17) is 4.74 Å². The van der Waals surface area contributed by atoms with E-state index in [0.717, 1.165) is 30.6 Å². The minimum atomic E-state index is -0.104. The third kappa shape index (κ3) is 4.01. The summed E-state index contributed by atoms with van der Waals surface area (Å²) in [5.41, 5.74) is 3.87. The minimum Gasteiger partial charge on any atom is -0.497 e. The van der Waals surface area contributed by atoms with Crippen molar-refractivity contribution in [2.45, 2.75) is 44.6 Å². The van der Waals surface area contributed by atoms with E-state index in [-0.39, 0.29) is 17.5 Å². The standard InChI is InChI=1S/C22H28N2O2/c1-4-20(17-9-11-18(26-3)12-10-17)24-21(25)23-15-22(13-14-22)19-8-6-5-7-16(19)2/h5-12,20H,4,13-15H2,1-3H3,(H2,23,24,25). The molecule has 1 aliphatic carbocycles. The number of amides is 2. The van der Waals surface area contributed by atoms with Gasteiger partial charge in [-0.25, -0.2) is 4.79 Å². The number of hydrogen-bond acceptors (Lipinski definition) is 2. The Balaban J connectivity index is 1.58. The number of methoxy groups -OCH3 is 1. The topological polar surface area (TPSA) is 50.4 Å². The van der Waals surface area contributed by atoms with Gasteiger partial charge in [-0.05, 0) is 55.0 Å². The lowest BCUT2D eigenvalue weighted by atomic mass is 9.92. The maximum absolute atomic E-state index is 12.5. The Labute approximate surface area is 156 Å². The first-order valence-corrected chi connectivity index (χ1v) is 9.32. The van der Waals surface area contributed by atoms with Crippen LogP contribution >= 0.6 is 0 Å². The zero-order valence-electron chi connectivity index (χ0n) is 15.8. The molecule has 4 heteroatoms. The summed E-state index contributed by atoms with van der Waals surface area (Å²) in [6.07, 6.45) is 3.10. The quantitative estimate of drug-likeness (QED) is 0.771. The number of carbonyl (C=O) groups is 1. The predicted molar refractivity (Wildman–Crippen MR) is 105 cm³/mol. The summed E-state index contributed by atoms with van der Waals surface area (Å²) in [7, 11) is 1.65. The Kier molecular flexibility index (Phi) is 5.50. The largest absolute Gasteiger partial charge is 0.497 e. The van der Waals surface area contributed by atoms with Crippen LogP contribution in [-0.4, -0.2) is 19.7 Å². The molecule has 2 amide bonds. The number of carbonyl (C=O) groups excluding carboxylic acids is 1. The van der Waals surface area contributed by atoms with Crippen LogP contribution in [0.15, 0.2) is 48.5 Å². The summed E-state index contributed by atoms with van der Waals surface area (Å²) in [6.45, 7) is 4.90. The highest BCUT2D eigenvalue weighted by Crippen LogP contribution is 2.48. The number of aryl methyl sites for hydroxylation is 1. The smallest absolute Gasteiger partial charge is 0.315 e. The molecule has 26 heavy (non-hydrogen) atoms. The van der Waals surface area contributed by atoms with Gasteiger partial charge in [-0.2, -0.15) is 0 Å². The Morgan fingerprint density at radius 3 is 2.42 bits per heavy atom. The zero-order chi connectivity index (χ0) is 18.6. The second kappa shape index (κ2) is 7.81. The number of rotatable bonds is 7. The van der Waals surface area contributed by atoms with Crippen LogP contribution in [-0.2, 0) is 5.41 Å². The van der Waals surface area contributed by atoms with Crippen molar-refractivity contribution >= 4 is 6.03 Å². The number of nitrogens with one attached hydrogen (secondary N) is 2. The van der Waals surface area contributed by atoms with Crippen LogP contribution in [0.1, 0.15) is 48.9 Å². The maximum Gasteiger partial charge on any atom is 0.315 e. The predicted octanol–water partition coefficient (Wildman–Crippen LogP) is 4.49. The van der Waals surface area contributed by atoms with Gasteiger partial charge in [-0.3, -0.25) is 0 Å². The van der Waals surface area contributed by atoms with Gasteiger partial charge >= 0.3 is 6.03 Å². The van der Waals surface area contributed by atoms with E-state index >= 15 is 0 Å². The summed E-state index contributed by atoms with van der Waals surface area (Å²) in [5, 5.41) is 6.19. The molecule has 0 aromatic heterocycles. The molecule has 2 aromatic rings. The molecule has 0 aliphatic heterocycles. The monoisotopic (exact) mass is 352 g/mol.